The van der Waals surface area contributed by atoms with Gasteiger partial charge in [0, 0.05) is 6.42 Å². The van der Waals surface area contributed by atoms with Crippen LogP contribution in [0, 0.1) is 0 Å². The first-order valence-electron chi connectivity index (χ1n) is 7.42. The number of imidazole rings is 1. The SMILES string of the molecule is Nc1nc(CCOCP(=O)(OCC(F)(F)F)OCC(F)(F)F)nc2nc[nH]c12. The minimum atomic E-state index is -4.92. The summed E-state index contributed by atoms with van der Waals surface area (Å²) in [5.74, 6) is 0.240. The topological polar surface area (TPSA) is 125 Å². The Morgan fingerprint density at radius 1 is 1.07 bits per heavy atom. The van der Waals surface area contributed by atoms with E-state index < -0.39 is 39.5 Å². The van der Waals surface area contributed by atoms with Gasteiger partial charge in [0.25, 0.3) is 0 Å². The molecule has 16 heteroatoms. The maximum atomic E-state index is 12.2. The van der Waals surface area contributed by atoms with Gasteiger partial charge in [0.15, 0.2) is 24.7 Å². The first kappa shape index (κ1) is 22.3. The highest BCUT2D eigenvalue weighted by Crippen LogP contribution is 2.50. The van der Waals surface area contributed by atoms with Gasteiger partial charge in [0.2, 0.25) is 0 Å². The Hall–Kier alpha value is -1.96. The fourth-order valence-electron chi connectivity index (χ4n) is 1.81. The number of fused-ring (bicyclic) bond motifs is 1. The number of alkyl halides is 6. The molecule has 0 unspecified atom stereocenters. The number of hydrogen-bond acceptors (Lipinski definition) is 8. The van der Waals surface area contributed by atoms with Crippen LogP contribution in [0.1, 0.15) is 5.82 Å². The lowest BCUT2D eigenvalue weighted by molar-refractivity contribution is -0.166. The summed E-state index contributed by atoms with van der Waals surface area (Å²) in [7, 11) is -4.82. The van der Waals surface area contributed by atoms with E-state index in [9.17, 15) is 30.9 Å². The molecule has 9 nitrogen and oxygen atoms in total. The Morgan fingerprint density at radius 3 is 2.25 bits per heavy atom. The quantitative estimate of drug-likeness (QED) is 0.349. The Kier molecular flexibility index (Phi) is 6.85. The van der Waals surface area contributed by atoms with Gasteiger partial charge >= 0.3 is 19.9 Å². The number of halogens is 6. The second-order valence-electron chi connectivity index (χ2n) is 5.30. The third kappa shape index (κ3) is 7.22. The van der Waals surface area contributed by atoms with Crippen molar-refractivity contribution in [2.45, 2.75) is 18.8 Å². The molecule has 0 bridgehead atoms. The molecular formula is C12H14F6N5O4P. The minimum Gasteiger partial charge on any atom is -0.382 e. The van der Waals surface area contributed by atoms with Crippen molar-refractivity contribution in [1.82, 2.24) is 19.9 Å². The predicted octanol–water partition coefficient (Wildman–Crippen LogP) is 2.80. The molecule has 0 amide bonds. The summed E-state index contributed by atoms with van der Waals surface area (Å²) in [4.78, 5) is 14.5. The first-order valence-corrected chi connectivity index (χ1v) is 9.14. The van der Waals surface area contributed by atoms with Gasteiger partial charge in [-0.1, -0.05) is 0 Å². The third-order valence-electron chi connectivity index (χ3n) is 2.93. The molecule has 0 fully saturated rings. The van der Waals surface area contributed by atoms with Crippen LogP contribution in [0.25, 0.3) is 11.2 Å². The molecule has 2 heterocycles. The van der Waals surface area contributed by atoms with E-state index in [1.165, 1.54) is 6.33 Å². The molecule has 2 rings (SSSR count). The number of anilines is 1. The van der Waals surface area contributed by atoms with Crippen LogP contribution in [0.2, 0.25) is 0 Å². The zero-order valence-corrected chi connectivity index (χ0v) is 14.8. The number of nitrogens with zero attached hydrogens (tertiary/aromatic N) is 3. The van der Waals surface area contributed by atoms with E-state index in [-0.39, 0.29) is 30.3 Å². The molecule has 0 aliphatic carbocycles. The Labute approximate surface area is 153 Å². The zero-order chi connectivity index (χ0) is 21.0. The van der Waals surface area contributed by atoms with Crippen molar-refractivity contribution in [3.8, 4) is 0 Å². The Bertz CT molecular complexity index is 820. The monoisotopic (exact) mass is 437 g/mol. The molecule has 2 aromatic heterocycles. The van der Waals surface area contributed by atoms with E-state index in [1.54, 1.807) is 0 Å². The largest absolute Gasteiger partial charge is 0.412 e. The number of ether oxygens (including phenoxy) is 1. The van der Waals surface area contributed by atoms with Gasteiger partial charge in [0.1, 0.15) is 17.7 Å². The first-order chi connectivity index (χ1) is 12.9. The van der Waals surface area contributed by atoms with Crippen LogP contribution < -0.4 is 5.73 Å². The number of aromatic amines is 1. The van der Waals surface area contributed by atoms with Gasteiger partial charge in [-0.05, 0) is 0 Å². The Balaban J connectivity index is 1.92. The Morgan fingerprint density at radius 2 is 1.68 bits per heavy atom. The van der Waals surface area contributed by atoms with Crippen molar-refractivity contribution in [1.29, 1.82) is 0 Å². The normalized spacial score (nSPS) is 13.4. The molecule has 2 aromatic rings. The van der Waals surface area contributed by atoms with Gasteiger partial charge < -0.3 is 15.5 Å². The molecule has 0 aliphatic heterocycles. The molecule has 3 N–H and O–H groups in total. The van der Waals surface area contributed by atoms with Gasteiger partial charge in [-0.25, -0.2) is 15.0 Å². The summed E-state index contributed by atoms with van der Waals surface area (Å²) >= 11 is 0. The number of hydrogen-bond donors (Lipinski definition) is 2. The second kappa shape index (κ2) is 8.59. The summed E-state index contributed by atoms with van der Waals surface area (Å²) in [5, 5.41) is 0. The average molecular weight is 437 g/mol. The van der Waals surface area contributed by atoms with E-state index in [0.717, 1.165) is 0 Å². The lowest BCUT2D eigenvalue weighted by atomic mass is 10.4. The lowest BCUT2D eigenvalue weighted by Gasteiger charge is -2.20. The molecule has 0 spiro atoms. The van der Waals surface area contributed by atoms with Crippen molar-refractivity contribution in [2.75, 3.05) is 31.9 Å². The molecular weight excluding hydrogens is 423 g/mol. The number of rotatable bonds is 9. The summed E-state index contributed by atoms with van der Waals surface area (Å²) < 4.78 is 98.2. The van der Waals surface area contributed by atoms with Gasteiger partial charge in [-0.2, -0.15) is 26.3 Å². The maximum Gasteiger partial charge on any atom is 0.412 e. The molecule has 0 aromatic carbocycles. The summed E-state index contributed by atoms with van der Waals surface area (Å²) in [6.45, 7) is -4.41. The van der Waals surface area contributed by atoms with Crippen LogP contribution in [0.4, 0.5) is 32.2 Å². The molecule has 158 valence electrons. The van der Waals surface area contributed by atoms with Gasteiger partial charge in [-0.15, -0.1) is 0 Å². The minimum absolute atomic E-state index is 0.0362. The zero-order valence-electron chi connectivity index (χ0n) is 13.9. The standard InChI is InChI=1S/C12H14F6N5O4P/c13-11(14,15)3-26-28(24,27-4-12(16,17)18)6-25-2-1-7-22-9(19)8-10(23-7)21-5-20-8/h5H,1-4,6H2,(H3,19,20,21,22,23). The summed E-state index contributed by atoms with van der Waals surface area (Å²) in [5.41, 5.74) is 6.33. The van der Waals surface area contributed by atoms with Gasteiger partial charge in [-0.3, -0.25) is 13.6 Å². The highest BCUT2D eigenvalue weighted by atomic mass is 31.2. The van der Waals surface area contributed by atoms with Crippen LogP contribution in [0.3, 0.4) is 0 Å². The molecule has 0 saturated heterocycles. The van der Waals surface area contributed by atoms with E-state index in [4.69, 9.17) is 10.5 Å². The van der Waals surface area contributed by atoms with Crippen LogP contribution in [-0.4, -0.2) is 58.5 Å². The molecule has 0 atom stereocenters. The number of nitrogens with one attached hydrogen (secondary N) is 1. The summed E-state index contributed by atoms with van der Waals surface area (Å²) in [6.07, 6.45) is -9.66. The third-order valence-corrected chi connectivity index (χ3v) is 4.47. The molecule has 0 aliphatic rings. The van der Waals surface area contributed by atoms with E-state index in [0.29, 0.717) is 5.52 Å². The van der Waals surface area contributed by atoms with Crippen LogP contribution in [0.5, 0.6) is 0 Å². The second-order valence-corrected chi connectivity index (χ2v) is 7.30. The highest BCUT2D eigenvalue weighted by Gasteiger charge is 2.38. The van der Waals surface area contributed by atoms with Crippen LogP contribution >= 0.6 is 7.60 Å². The van der Waals surface area contributed by atoms with Crippen molar-refractivity contribution in [3.05, 3.63) is 12.2 Å². The van der Waals surface area contributed by atoms with E-state index in [2.05, 4.69) is 29.0 Å². The number of nitrogens with two attached hydrogens (primary N) is 1. The van der Waals surface area contributed by atoms with E-state index >= 15 is 0 Å². The highest BCUT2D eigenvalue weighted by molar-refractivity contribution is 7.53. The molecule has 0 saturated carbocycles. The molecule has 0 radical (unpaired) electrons. The van der Waals surface area contributed by atoms with Crippen LogP contribution in [-0.2, 0) is 24.8 Å². The van der Waals surface area contributed by atoms with Gasteiger partial charge in [0.05, 0.1) is 12.9 Å². The predicted molar refractivity (Wildman–Crippen MR) is 82.2 cm³/mol. The smallest absolute Gasteiger partial charge is 0.382 e. The van der Waals surface area contributed by atoms with Crippen molar-refractivity contribution in [2.24, 2.45) is 0 Å². The number of aromatic nitrogens is 4. The average Bonchev–Trinajstić information content (AvgIpc) is 3.03. The molecule has 28 heavy (non-hydrogen) atoms. The van der Waals surface area contributed by atoms with Crippen molar-refractivity contribution < 1.29 is 44.7 Å². The maximum absolute atomic E-state index is 12.2. The number of H-pyrrole nitrogens is 1. The van der Waals surface area contributed by atoms with E-state index in [1.807, 2.05) is 0 Å². The fourth-order valence-corrected chi connectivity index (χ4v) is 3.07. The number of nitrogen functional groups attached to an aromatic ring is 1. The van der Waals surface area contributed by atoms with Crippen molar-refractivity contribution >= 4 is 24.6 Å². The lowest BCUT2D eigenvalue weighted by Crippen LogP contribution is -2.21. The van der Waals surface area contributed by atoms with Crippen molar-refractivity contribution in [3.63, 3.8) is 0 Å². The fraction of sp³-hybridized carbons (Fsp3) is 0.583. The summed E-state index contributed by atoms with van der Waals surface area (Å²) in [6, 6.07) is 0. The van der Waals surface area contributed by atoms with Crippen LogP contribution in [0.15, 0.2) is 6.33 Å².